The number of aromatic amines is 1. The molecular formula is C48H38B7F4N14O5. The van der Waals surface area contributed by atoms with Gasteiger partial charge < -0.3 is 36.1 Å². The van der Waals surface area contributed by atoms with Gasteiger partial charge in [0.1, 0.15) is 40.9 Å². The summed E-state index contributed by atoms with van der Waals surface area (Å²) in [5.41, 5.74) is 13.9. The van der Waals surface area contributed by atoms with Crippen molar-refractivity contribution in [2.75, 3.05) is 21.7 Å². The maximum atomic E-state index is 12.3. The summed E-state index contributed by atoms with van der Waals surface area (Å²) in [6.07, 6.45) is 13.9. The lowest BCUT2D eigenvalue weighted by molar-refractivity contribution is -0.0505. The summed E-state index contributed by atoms with van der Waals surface area (Å²) in [5, 5.41) is 9.01. The predicted molar refractivity (Wildman–Crippen MR) is 296 cm³/mol. The monoisotopic (exact) mass is 1040 g/mol. The molecule has 6 heterocycles. The number of rotatable bonds is 14. The number of nitrogens with two attached hydrogens (primary N) is 1. The van der Waals surface area contributed by atoms with Crippen LogP contribution in [0.25, 0.3) is 33.3 Å². The van der Waals surface area contributed by atoms with E-state index in [1.807, 2.05) is 44.2 Å². The van der Waals surface area contributed by atoms with E-state index in [4.69, 9.17) is 36.7 Å². The molecule has 0 aliphatic carbocycles. The molecule has 0 unspecified atom stereocenters. The van der Waals surface area contributed by atoms with Gasteiger partial charge in [0.05, 0.1) is 24.9 Å². The molecule has 0 saturated carbocycles. The summed E-state index contributed by atoms with van der Waals surface area (Å²) in [7, 11) is 21.6. The Labute approximate surface area is 448 Å². The number of alkyl halides is 4. The summed E-state index contributed by atoms with van der Waals surface area (Å²) in [5.74, 6) is 0.687. The Balaban J connectivity index is 0.000000169. The van der Waals surface area contributed by atoms with E-state index in [0.717, 1.165) is 39.1 Å². The van der Waals surface area contributed by atoms with Crippen molar-refractivity contribution in [2.45, 2.75) is 27.1 Å². The molecule has 0 saturated heterocycles. The number of H-pyrrole nitrogens is 1. The number of ether oxygens (including phenoxy) is 2. The van der Waals surface area contributed by atoms with E-state index in [9.17, 15) is 31.9 Å². The summed E-state index contributed by atoms with van der Waals surface area (Å²) in [6, 6.07) is 23.6. The van der Waals surface area contributed by atoms with Crippen molar-refractivity contribution < 1.29 is 31.8 Å². The smallest absolute Gasteiger partial charge is 0.387 e. The zero-order chi connectivity index (χ0) is 55.9. The van der Waals surface area contributed by atoms with Crippen LogP contribution in [0.15, 0.2) is 157 Å². The summed E-state index contributed by atoms with van der Waals surface area (Å²) in [4.78, 5) is 66.9. The number of benzene rings is 4. The molecule has 0 bridgehead atoms. The highest BCUT2D eigenvalue weighted by Crippen LogP contribution is 2.27. The summed E-state index contributed by atoms with van der Waals surface area (Å²) >= 11 is 0. The predicted octanol–water partition coefficient (Wildman–Crippen LogP) is 5.63. The lowest BCUT2D eigenvalue weighted by Crippen LogP contribution is -2.43. The van der Waals surface area contributed by atoms with E-state index in [0.29, 0.717) is 34.7 Å². The number of anilines is 6. The van der Waals surface area contributed by atoms with E-state index in [2.05, 4.69) is 65.3 Å². The molecule has 0 aliphatic rings. The summed E-state index contributed by atoms with van der Waals surface area (Å²) in [6.45, 7) is -1.89. The lowest BCUT2D eigenvalue weighted by atomic mass is 8.76. The van der Waals surface area contributed by atoms with Crippen molar-refractivity contribution in [3.63, 3.8) is 0 Å². The van der Waals surface area contributed by atoms with Crippen LogP contribution >= 0.6 is 0 Å². The van der Waals surface area contributed by atoms with Crippen molar-refractivity contribution >= 4 is 102 Å². The SMILES string of the molecule is Cc1ccc(Nc2ncc(-c3ccc(OC(F)F)cc3)cn2)cc1N.Cc1ccc(Nc2ncc(-c3ccc(OC(F)F)cc3)cn2)cc1NC(=O)c1cnc[nH]1.O=c1c2cncn2c(=O)c2cncn12.[B][B]B([B])B([B])[B]. The Morgan fingerprint density at radius 1 is 0.641 bits per heavy atom. The Morgan fingerprint density at radius 3 is 1.50 bits per heavy atom. The van der Waals surface area contributed by atoms with Crippen LogP contribution in [0.4, 0.5) is 52.2 Å². The molecule has 30 heteroatoms. The number of amides is 1. The van der Waals surface area contributed by atoms with Gasteiger partial charge in [-0.05, 0) is 84.6 Å². The second-order valence-electron chi connectivity index (χ2n) is 16.4. The van der Waals surface area contributed by atoms with Gasteiger partial charge in [0.25, 0.3) is 17.0 Å². The van der Waals surface area contributed by atoms with Crippen molar-refractivity contribution in [2.24, 2.45) is 0 Å². The van der Waals surface area contributed by atoms with Crippen LogP contribution in [0.1, 0.15) is 21.6 Å². The number of fused-ring (bicyclic) bond motifs is 2. The Kier molecular flexibility index (Phi) is 19.1. The molecule has 0 atom stereocenters. The van der Waals surface area contributed by atoms with E-state index < -0.39 is 19.6 Å². The second-order valence-corrected chi connectivity index (χ2v) is 16.4. The zero-order valence-electron chi connectivity index (χ0n) is 41.2. The fourth-order valence-corrected chi connectivity index (χ4v) is 6.73. The van der Waals surface area contributed by atoms with Crippen molar-refractivity contribution in [3.8, 4) is 33.8 Å². The molecule has 10 rings (SSSR count). The number of hydrogen-bond acceptors (Lipinski definition) is 15. The topological polar surface area (TPSA) is 247 Å². The number of aryl methyl sites for hydroxylation is 2. The van der Waals surface area contributed by atoms with Gasteiger partial charge in [0, 0.05) is 109 Å². The minimum Gasteiger partial charge on any atom is -0.435 e. The minimum absolute atomic E-state index is 0.0813. The summed E-state index contributed by atoms with van der Waals surface area (Å²) < 4.78 is 60.0. The van der Waals surface area contributed by atoms with Gasteiger partial charge in [-0.2, -0.15) is 17.6 Å². The fourth-order valence-electron chi connectivity index (χ4n) is 6.73. The first-order valence-electron chi connectivity index (χ1n) is 23.0. The van der Waals surface area contributed by atoms with Crippen molar-refractivity contribution in [1.82, 2.24) is 48.7 Å². The number of aromatic nitrogens is 10. The highest BCUT2D eigenvalue weighted by molar-refractivity contribution is 7.81. The standard InChI is InChI=1S/C22H18F2N6O2.C18H16F2N4O.C8H4N4O2.B7/c1-13-2-5-16(8-18(13)30-20(31)19-11-25-12-28-19)29-22-26-9-15(10-27-22)14-3-6-17(7-4-14)32-21(23)24;1-11-2-5-14(8-16(11)21)24-18-22-9-13(10-23-18)12-3-6-15(7-4-12)25-17(19)20;13-7-5-1-9-3-11(5)8(14)6-2-10-4-12(6)7;1-5-7(4)6(2)3/h2-12,21H,1H3,(H,25,28)(H,30,31)(H,26,27,29);2-10,17H,21H2,1H3,(H,22,23,24);1-4H;. The first-order chi connectivity index (χ1) is 37.5. The number of halogens is 4. The molecule has 379 valence electrons. The van der Waals surface area contributed by atoms with E-state index in [-0.39, 0.29) is 45.9 Å². The highest BCUT2D eigenvalue weighted by Gasteiger charge is 2.13. The number of carbonyl (C=O) groups is 1. The van der Waals surface area contributed by atoms with E-state index in [1.54, 1.807) is 55.1 Å². The molecule has 0 fully saturated rings. The lowest BCUT2D eigenvalue weighted by Gasteiger charge is -2.11. The number of hydrogen-bond donors (Lipinski definition) is 5. The zero-order valence-corrected chi connectivity index (χ0v) is 41.2. The first-order valence-corrected chi connectivity index (χ1v) is 23.0. The molecule has 10 aromatic rings. The van der Waals surface area contributed by atoms with Gasteiger partial charge in [-0.15, -0.1) is 0 Å². The van der Waals surface area contributed by atoms with Gasteiger partial charge in [0.2, 0.25) is 11.9 Å². The van der Waals surface area contributed by atoms with Crippen molar-refractivity contribution in [3.05, 3.63) is 185 Å². The average Bonchev–Trinajstić information content (AvgIpc) is 4.27. The maximum absolute atomic E-state index is 12.3. The highest BCUT2D eigenvalue weighted by atomic mass is 19.3. The van der Waals surface area contributed by atoms with Crippen LogP contribution in [0, 0.1) is 13.8 Å². The quantitative estimate of drug-likeness (QED) is 0.0504. The third-order valence-corrected chi connectivity index (χ3v) is 11.0. The van der Waals surface area contributed by atoms with Gasteiger partial charge in [0.15, 0.2) is 0 Å². The van der Waals surface area contributed by atoms with E-state index >= 15 is 0 Å². The maximum Gasteiger partial charge on any atom is 0.387 e. The average molecular weight is 1040 g/mol. The van der Waals surface area contributed by atoms with Crippen LogP contribution in [0.2, 0.25) is 0 Å². The normalized spacial score (nSPS) is 10.6. The second kappa shape index (κ2) is 26.4. The van der Waals surface area contributed by atoms with Crippen LogP contribution in [-0.4, -0.2) is 119 Å². The largest absolute Gasteiger partial charge is 0.435 e. The number of nitrogen functional groups attached to an aromatic ring is 1. The number of imidazole rings is 3. The molecule has 78 heavy (non-hydrogen) atoms. The van der Waals surface area contributed by atoms with E-state index in [1.165, 1.54) is 77.7 Å². The van der Waals surface area contributed by atoms with Gasteiger partial charge in [-0.3, -0.25) is 23.2 Å². The first kappa shape index (κ1) is 56.4. The molecule has 1 amide bonds. The van der Waals surface area contributed by atoms with Crippen LogP contribution in [0.3, 0.4) is 0 Å². The Morgan fingerprint density at radius 2 is 1.10 bits per heavy atom. The number of nitrogens with one attached hydrogen (secondary N) is 4. The third kappa shape index (κ3) is 15.2. The number of carbonyl (C=O) groups excluding carboxylic acids is 1. The fraction of sp³-hybridized carbons (Fsp3) is 0.0833. The van der Waals surface area contributed by atoms with Crippen LogP contribution in [0.5, 0.6) is 11.5 Å². The molecule has 4 aromatic carbocycles. The Hall–Kier alpha value is -9.35. The molecule has 19 nitrogen and oxygen atoms in total. The molecule has 0 spiro atoms. The van der Waals surface area contributed by atoms with Gasteiger partial charge >= 0.3 is 13.2 Å². The van der Waals surface area contributed by atoms with Crippen LogP contribution < -0.4 is 42.3 Å². The molecule has 9 radical (unpaired) electrons. The van der Waals surface area contributed by atoms with Gasteiger partial charge in [-0.25, -0.2) is 34.9 Å². The molecule has 6 aromatic heterocycles. The van der Waals surface area contributed by atoms with Gasteiger partial charge in [-0.1, -0.05) is 36.4 Å². The third-order valence-electron chi connectivity index (χ3n) is 11.0. The van der Waals surface area contributed by atoms with Crippen LogP contribution in [-0.2, 0) is 0 Å². The molecule has 6 N–H and O–H groups in total. The van der Waals surface area contributed by atoms with Crippen molar-refractivity contribution in [1.29, 1.82) is 0 Å². The molecular weight excluding hydrogens is 1000 g/mol. The Bertz CT molecular complexity index is 3560. The number of nitrogens with zero attached hydrogens (tertiary/aromatic N) is 9. The minimum atomic E-state index is -2.87. The molecule has 0 aliphatic heterocycles.